The van der Waals surface area contributed by atoms with Crippen LogP contribution in [0.2, 0.25) is 0 Å². The predicted molar refractivity (Wildman–Crippen MR) is 120 cm³/mol. The van der Waals surface area contributed by atoms with E-state index >= 15 is 0 Å². The topological polar surface area (TPSA) is 68.8 Å². The number of hydrogen-bond donors (Lipinski definition) is 3. The second-order valence-corrected chi connectivity index (χ2v) is 8.96. The number of benzene rings is 1. The molecule has 29 heavy (non-hydrogen) atoms. The molecule has 0 spiro atoms. The molecule has 0 unspecified atom stereocenters. The van der Waals surface area contributed by atoms with Crippen molar-refractivity contribution >= 4 is 17.6 Å². The van der Waals surface area contributed by atoms with Gasteiger partial charge in [0.25, 0.3) is 0 Å². The van der Waals surface area contributed by atoms with E-state index in [2.05, 4.69) is 45.8 Å². The second kappa shape index (κ2) is 10.1. The van der Waals surface area contributed by atoms with Crippen molar-refractivity contribution in [2.75, 3.05) is 32.0 Å². The zero-order valence-corrected chi connectivity index (χ0v) is 18.3. The van der Waals surface area contributed by atoms with Crippen LogP contribution in [-0.2, 0) is 11.3 Å². The molecule has 2 aliphatic rings. The molecule has 0 aromatic heterocycles. The number of nitrogens with zero attached hydrogens (tertiary/aromatic N) is 2. The fourth-order valence-corrected chi connectivity index (χ4v) is 3.99. The number of nitrogens with one attached hydrogen (secondary N) is 3. The molecule has 1 amide bonds. The highest BCUT2D eigenvalue weighted by Crippen LogP contribution is 2.27. The third kappa shape index (κ3) is 6.20. The van der Waals surface area contributed by atoms with Gasteiger partial charge in [0.15, 0.2) is 5.96 Å². The zero-order valence-electron chi connectivity index (χ0n) is 18.3. The van der Waals surface area contributed by atoms with Crippen molar-refractivity contribution in [3.8, 4) is 0 Å². The summed E-state index contributed by atoms with van der Waals surface area (Å²) < 4.78 is 0. The van der Waals surface area contributed by atoms with Crippen molar-refractivity contribution in [3.05, 3.63) is 29.8 Å². The molecule has 0 atom stereocenters. The molecule has 3 N–H and O–H groups in total. The van der Waals surface area contributed by atoms with Crippen molar-refractivity contribution in [2.45, 2.75) is 64.5 Å². The summed E-state index contributed by atoms with van der Waals surface area (Å²) in [6.45, 7) is 8.47. The summed E-state index contributed by atoms with van der Waals surface area (Å²) in [6.07, 6.45) is 7.14. The molecule has 1 aromatic rings. The van der Waals surface area contributed by atoms with Crippen molar-refractivity contribution in [1.82, 2.24) is 15.5 Å². The number of carbonyl (C=O) groups is 1. The lowest BCUT2D eigenvalue weighted by Crippen LogP contribution is -2.54. The van der Waals surface area contributed by atoms with E-state index in [9.17, 15) is 4.79 Å². The maximum atomic E-state index is 12.2. The average molecular weight is 400 g/mol. The third-order valence-corrected chi connectivity index (χ3v) is 6.25. The van der Waals surface area contributed by atoms with Gasteiger partial charge in [-0.1, -0.05) is 25.0 Å². The zero-order chi connectivity index (χ0) is 20.7. The highest BCUT2D eigenvalue weighted by Gasteiger charge is 2.28. The smallest absolute Gasteiger partial charge is 0.227 e. The van der Waals surface area contributed by atoms with Gasteiger partial charge < -0.3 is 16.0 Å². The Hall–Kier alpha value is -2.08. The van der Waals surface area contributed by atoms with Gasteiger partial charge in [-0.2, -0.15) is 0 Å². The number of likely N-dealkylation sites (tertiary alicyclic amines) is 1. The van der Waals surface area contributed by atoms with Gasteiger partial charge in [-0.05, 0) is 70.3 Å². The Morgan fingerprint density at radius 1 is 1.14 bits per heavy atom. The minimum atomic E-state index is 0.101. The van der Waals surface area contributed by atoms with Crippen LogP contribution in [0.3, 0.4) is 0 Å². The van der Waals surface area contributed by atoms with E-state index in [-0.39, 0.29) is 17.4 Å². The second-order valence-electron chi connectivity index (χ2n) is 8.96. The maximum absolute atomic E-state index is 12.2. The van der Waals surface area contributed by atoms with E-state index in [0.29, 0.717) is 6.54 Å². The molecule has 3 rings (SSSR count). The number of amides is 1. The quantitative estimate of drug-likeness (QED) is 0.486. The molecular weight excluding hydrogens is 362 g/mol. The van der Waals surface area contributed by atoms with Gasteiger partial charge in [0, 0.05) is 37.3 Å². The van der Waals surface area contributed by atoms with Crippen molar-refractivity contribution in [2.24, 2.45) is 10.9 Å². The summed E-state index contributed by atoms with van der Waals surface area (Å²) in [4.78, 5) is 19.1. The molecule has 160 valence electrons. The highest BCUT2D eigenvalue weighted by molar-refractivity contribution is 5.93. The van der Waals surface area contributed by atoms with Gasteiger partial charge in [-0.25, -0.2) is 0 Å². The lowest BCUT2D eigenvalue weighted by Gasteiger charge is -2.41. The number of guanidine groups is 1. The van der Waals surface area contributed by atoms with Crippen LogP contribution in [0.25, 0.3) is 0 Å². The Kier molecular flexibility index (Phi) is 7.53. The monoisotopic (exact) mass is 399 g/mol. The van der Waals surface area contributed by atoms with Gasteiger partial charge in [0.2, 0.25) is 5.91 Å². The Balaban J connectivity index is 1.47. The Morgan fingerprint density at radius 3 is 2.55 bits per heavy atom. The Labute approximate surface area is 175 Å². The number of anilines is 1. The van der Waals surface area contributed by atoms with Crippen LogP contribution in [0.15, 0.2) is 29.3 Å². The standard InChI is InChI=1S/C23H37N5O/c1-23(2,28-13-5-4-6-14-28)17-26-22(24-3)25-16-18-9-7-12-20(15-18)27-21(29)19-10-8-11-19/h7,9,12,15,19H,4-6,8,10-11,13-14,16-17H2,1-3H3,(H,27,29)(H2,24,25,26). The summed E-state index contributed by atoms with van der Waals surface area (Å²) in [5.74, 6) is 1.15. The summed E-state index contributed by atoms with van der Waals surface area (Å²) in [5.41, 5.74) is 2.09. The molecule has 1 aliphatic carbocycles. The van der Waals surface area contributed by atoms with Gasteiger partial charge in [0.1, 0.15) is 0 Å². The first kappa shape index (κ1) is 21.6. The lowest BCUT2D eigenvalue weighted by atomic mass is 9.85. The number of carbonyl (C=O) groups excluding carboxylic acids is 1. The number of rotatable bonds is 7. The Bertz CT molecular complexity index is 705. The van der Waals surface area contributed by atoms with Gasteiger partial charge in [-0.3, -0.25) is 14.7 Å². The van der Waals surface area contributed by atoms with E-state index in [1.165, 1.54) is 38.8 Å². The molecule has 1 saturated heterocycles. The van der Waals surface area contributed by atoms with Crippen molar-refractivity contribution in [3.63, 3.8) is 0 Å². The van der Waals surface area contributed by atoms with Crippen LogP contribution < -0.4 is 16.0 Å². The maximum Gasteiger partial charge on any atom is 0.227 e. The van der Waals surface area contributed by atoms with E-state index in [0.717, 1.165) is 36.6 Å². The molecule has 0 bridgehead atoms. The molecule has 0 radical (unpaired) electrons. The highest BCUT2D eigenvalue weighted by atomic mass is 16.1. The number of hydrogen-bond acceptors (Lipinski definition) is 3. The summed E-state index contributed by atoms with van der Waals surface area (Å²) in [5, 5.41) is 9.93. The van der Waals surface area contributed by atoms with Crippen LogP contribution in [0, 0.1) is 5.92 Å². The molecule has 1 saturated carbocycles. The first-order chi connectivity index (χ1) is 14.0. The predicted octanol–water partition coefficient (Wildman–Crippen LogP) is 3.35. The van der Waals surface area contributed by atoms with E-state index in [1.807, 2.05) is 18.2 Å². The van der Waals surface area contributed by atoms with Crippen LogP contribution in [0.1, 0.15) is 57.9 Å². The van der Waals surface area contributed by atoms with Crippen LogP contribution in [-0.4, -0.2) is 49.0 Å². The fraction of sp³-hybridized carbons (Fsp3) is 0.652. The molecule has 2 fully saturated rings. The molecule has 1 aliphatic heterocycles. The minimum Gasteiger partial charge on any atom is -0.355 e. The lowest BCUT2D eigenvalue weighted by molar-refractivity contribution is -0.122. The van der Waals surface area contributed by atoms with E-state index < -0.39 is 0 Å². The van der Waals surface area contributed by atoms with Crippen LogP contribution >= 0.6 is 0 Å². The number of piperidine rings is 1. The van der Waals surface area contributed by atoms with Crippen LogP contribution in [0.5, 0.6) is 0 Å². The van der Waals surface area contributed by atoms with Crippen molar-refractivity contribution in [1.29, 1.82) is 0 Å². The van der Waals surface area contributed by atoms with Crippen molar-refractivity contribution < 1.29 is 4.79 Å². The van der Waals surface area contributed by atoms with E-state index in [1.54, 1.807) is 7.05 Å². The minimum absolute atomic E-state index is 0.101. The summed E-state index contributed by atoms with van der Waals surface area (Å²) in [7, 11) is 1.80. The molecule has 6 heteroatoms. The normalized spacial score (nSPS) is 18.8. The molecule has 6 nitrogen and oxygen atoms in total. The third-order valence-electron chi connectivity index (χ3n) is 6.25. The summed E-state index contributed by atoms with van der Waals surface area (Å²) in [6, 6.07) is 8.04. The van der Waals surface area contributed by atoms with Gasteiger partial charge in [-0.15, -0.1) is 0 Å². The van der Waals surface area contributed by atoms with Crippen LogP contribution in [0.4, 0.5) is 5.69 Å². The SMILES string of the molecule is CN=C(NCc1cccc(NC(=O)C2CCC2)c1)NCC(C)(C)N1CCCCC1. The molecule has 1 heterocycles. The molecular formula is C23H37N5O. The van der Waals surface area contributed by atoms with Gasteiger partial charge in [0.05, 0.1) is 0 Å². The first-order valence-electron chi connectivity index (χ1n) is 11.1. The fourth-order valence-electron chi connectivity index (χ4n) is 3.99. The van der Waals surface area contributed by atoms with E-state index in [4.69, 9.17) is 0 Å². The molecule has 1 aromatic carbocycles. The largest absolute Gasteiger partial charge is 0.355 e. The summed E-state index contributed by atoms with van der Waals surface area (Å²) >= 11 is 0. The van der Waals surface area contributed by atoms with Gasteiger partial charge >= 0.3 is 0 Å². The first-order valence-corrected chi connectivity index (χ1v) is 11.1. The number of aliphatic imine (C=N–C) groups is 1. The average Bonchev–Trinajstić information content (AvgIpc) is 2.67. The Morgan fingerprint density at radius 2 is 1.90 bits per heavy atom.